The van der Waals surface area contributed by atoms with Gasteiger partial charge in [-0.05, 0) is 26.2 Å². The van der Waals surface area contributed by atoms with E-state index in [4.69, 9.17) is 0 Å². The summed E-state index contributed by atoms with van der Waals surface area (Å²) in [6.45, 7) is 17.9. The lowest BCUT2D eigenvalue weighted by Crippen LogP contribution is -3.00. The molecule has 0 aromatic carbocycles. The average Bonchev–Trinajstić information content (AvgIpc) is 2.35. The Morgan fingerprint density at radius 2 is 1.45 bits per heavy atom. The topological polar surface area (TPSA) is 29.1 Å². The second kappa shape index (κ2) is 12.4. The van der Waals surface area contributed by atoms with Gasteiger partial charge in [0.25, 0.3) is 0 Å². The highest BCUT2D eigenvalue weighted by atomic mass is 79.9. The smallest absolute Gasteiger partial charge is 0.246 e. The van der Waals surface area contributed by atoms with Crippen molar-refractivity contribution in [1.82, 2.24) is 5.32 Å². The van der Waals surface area contributed by atoms with Crippen molar-refractivity contribution in [1.29, 1.82) is 0 Å². The molecule has 4 heteroatoms. The number of halogens is 1. The molecule has 0 aromatic heterocycles. The molecule has 20 heavy (non-hydrogen) atoms. The highest BCUT2D eigenvalue weighted by Crippen LogP contribution is 2.12. The molecule has 0 aliphatic rings. The molecule has 0 aromatic rings. The van der Waals surface area contributed by atoms with Crippen molar-refractivity contribution in [3.8, 4) is 0 Å². The van der Waals surface area contributed by atoms with Gasteiger partial charge in [0.05, 0.1) is 26.2 Å². The van der Waals surface area contributed by atoms with Crippen LogP contribution < -0.4 is 22.3 Å². The number of quaternary nitrogens is 1. The van der Waals surface area contributed by atoms with Crippen molar-refractivity contribution >= 4 is 5.91 Å². The number of hydrogen-bond donors (Lipinski definition) is 1. The summed E-state index contributed by atoms with van der Waals surface area (Å²) in [6.07, 6.45) is 4.76. The van der Waals surface area contributed by atoms with Crippen molar-refractivity contribution in [2.24, 2.45) is 0 Å². The van der Waals surface area contributed by atoms with Gasteiger partial charge in [0.2, 0.25) is 5.91 Å². The van der Waals surface area contributed by atoms with Gasteiger partial charge in [-0.15, -0.1) is 0 Å². The van der Waals surface area contributed by atoms with Crippen LogP contribution in [0.5, 0.6) is 0 Å². The fraction of sp³-hybridized carbons (Fsp3) is 0.812. The summed E-state index contributed by atoms with van der Waals surface area (Å²) < 4.78 is 1.21. The van der Waals surface area contributed by atoms with Crippen molar-refractivity contribution < 1.29 is 26.3 Å². The molecule has 0 bridgehead atoms. The molecular weight excluding hydrogens is 316 g/mol. The molecule has 0 unspecified atom stereocenters. The van der Waals surface area contributed by atoms with Crippen LogP contribution in [-0.4, -0.2) is 43.1 Å². The second-order valence-electron chi connectivity index (χ2n) is 5.63. The summed E-state index contributed by atoms with van der Waals surface area (Å²) in [5.74, 6) is -0.0143. The van der Waals surface area contributed by atoms with Gasteiger partial charge >= 0.3 is 0 Å². The van der Waals surface area contributed by atoms with Gasteiger partial charge in [-0.1, -0.05) is 27.4 Å². The van der Waals surface area contributed by atoms with Gasteiger partial charge < -0.3 is 26.8 Å². The van der Waals surface area contributed by atoms with Crippen LogP contribution in [0.15, 0.2) is 12.2 Å². The number of amides is 1. The second-order valence-corrected chi connectivity index (χ2v) is 5.63. The van der Waals surface area contributed by atoms with E-state index >= 15 is 0 Å². The number of carbonyl (C=O) groups excluding carboxylic acids is 1. The lowest BCUT2D eigenvalue weighted by atomic mass is 10.2. The number of nitrogens with zero attached hydrogens (tertiary/aromatic N) is 1. The van der Waals surface area contributed by atoms with E-state index in [1.165, 1.54) is 49.9 Å². The van der Waals surface area contributed by atoms with Crippen LogP contribution in [0.4, 0.5) is 0 Å². The van der Waals surface area contributed by atoms with Gasteiger partial charge in [-0.3, -0.25) is 4.79 Å². The minimum atomic E-state index is -0.0143. The lowest BCUT2D eigenvalue weighted by Gasteiger charge is -2.38. The van der Waals surface area contributed by atoms with Crippen LogP contribution in [0.25, 0.3) is 0 Å². The predicted molar refractivity (Wildman–Crippen MR) is 83.0 cm³/mol. The quantitative estimate of drug-likeness (QED) is 0.320. The predicted octanol–water partition coefficient (Wildman–Crippen LogP) is 0.120. The van der Waals surface area contributed by atoms with Crippen LogP contribution in [-0.2, 0) is 4.79 Å². The molecule has 0 saturated carbocycles. The normalized spacial score (nSPS) is 10.8. The maximum atomic E-state index is 11.4. The lowest BCUT2D eigenvalue weighted by molar-refractivity contribution is -0.928. The highest BCUT2D eigenvalue weighted by Gasteiger charge is 2.23. The van der Waals surface area contributed by atoms with Gasteiger partial charge in [-0.2, -0.15) is 0 Å². The Bertz CT molecular complexity index is 263. The van der Waals surface area contributed by atoms with Crippen LogP contribution in [0, 0.1) is 0 Å². The van der Waals surface area contributed by atoms with E-state index in [2.05, 4.69) is 32.7 Å². The highest BCUT2D eigenvalue weighted by molar-refractivity contribution is 5.91. The maximum absolute atomic E-state index is 11.4. The monoisotopic (exact) mass is 348 g/mol. The summed E-state index contributed by atoms with van der Waals surface area (Å²) in [4.78, 5) is 11.4. The summed E-state index contributed by atoms with van der Waals surface area (Å²) >= 11 is 0. The van der Waals surface area contributed by atoms with Crippen molar-refractivity contribution in [2.75, 3.05) is 32.7 Å². The third kappa shape index (κ3) is 8.75. The molecule has 3 nitrogen and oxygen atoms in total. The van der Waals surface area contributed by atoms with Crippen LogP contribution in [0.2, 0.25) is 0 Å². The first kappa shape index (κ1) is 21.9. The molecule has 0 heterocycles. The summed E-state index contributed by atoms with van der Waals surface area (Å²) in [7, 11) is 0. The average molecular weight is 349 g/mol. The fourth-order valence-electron chi connectivity index (χ4n) is 2.86. The van der Waals surface area contributed by atoms with Gasteiger partial charge in [0.15, 0.2) is 0 Å². The first-order chi connectivity index (χ1) is 9.01. The Morgan fingerprint density at radius 1 is 1.00 bits per heavy atom. The van der Waals surface area contributed by atoms with E-state index in [0.717, 1.165) is 13.0 Å². The molecule has 0 aliphatic carbocycles. The molecule has 0 fully saturated rings. The number of nitrogens with one attached hydrogen (secondary N) is 1. The number of rotatable bonds is 11. The minimum Gasteiger partial charge on any atom is -1.00 e. The molecule has 0 aliphatic heterocycles. The van der Waals surface area contributed by atoms with E-state index in [0.29, 0.717) is 5.57 Å². The SMILES string of the molecule is C=C(C)C(=O)NCCC[N+](CCC)(CCC)CCC.[Br-]. The zero-order valence-corrected chi connectivity index (χ0v) is 15.4. The maximum Gasteiger partial charge on any atom is 0.246 e. The van der Waals surface area contributed by atoms with E-state index < -0.39 is 0 Å². The molecule has 0 saturated heterocycles. The Kier molecular flexibility index (Phi) is 13.6. The van der Waals surface area contributed by atoms with Crippen LogP contribution in [0.1, 0.15) is 53.4 Å². The molecule has 1 N–H and O–H groups in total. The first-order valence-electron chi connectivity index (χ1n) is 7.80. The largest absolute Gasteiger partial charge is 1.00 e. The molecule has 0 rings (SSSR count). The van der Waals surface area contributed by atoms with Crippen molar-refractivity contribution in [3.05, 3.63) is 12.2 Å². The first-order valence-corrected chi connectivity index (χ1v) is 7.80. The Morgan fingerprint density at radius 3 is 1.80 bits per heavy atom. The molecule has 0 spiro atoms. The van der Waals surface area contributed by atoms with E-state index in [-0.39, 0.29) is 22.9 Å². The summed E-state index contributed by atoms with van der Waals surface area (Å²) in [6, 6.07) is 0. The summed E-state index contributed by atoms with van der Waals surface area (Å²) in [5, 5.41) is 2.93. The van der Waals surface area contributed by atoms with Gasteiger partial charge in [0.1, 0.15) is 0 Å². The van der Waals surface area contributed by atoms with Crippen LogP contribution in [0.3, 0.4) is 0 Å². The minimum absolute atomic E-state index is 0. The third-order valence-corrected chi connectivity index (χ3v) is 3.58. The van der Waals surface area contributed by atoms with Crippen molar-refractivity contribution in [2.45, 2.75) is 53.4 Å². The molecular formula is C16H33BrN2O. The number of hydrogen-bond acceptors (Lipinski definition) is 1. The van der Waals surface area contributed by atoms with Crippen molar-refractivity contribution in [3.63, 3.8) is 0 Å². The van der Waals surface area contributed by atoms with E-state index in [1.807, 2.05) is 0 Å². The molecule has 0 atom stereocenters. The fourth-order valence-corrected chi connectivity index (χ4v) is 2.86. The third-order valence-electron chi connectivity index (χ3n) is 3.58. The van der Waals surface area contributed by atoms with Gasteiger partial charge in [0, 0.05) is 18.5 Å². The Labute approximate surface area is 136 Å². The van der Waals surface area contributed by atoms with E-state index in [1.54, 1.807) is 6.92 Å². The summed E-state index contributed by atoms with van der Waals surface area (Å²) in [5.41, 5.74) is 0.594. The number of carbonyl (C=O) groups is 1. The zero-order chi connectivity index (χ0) is 14.7. The molecule has 120 valence electrons. The Balaban J connectivity index is 0. The van der Waals surface area contributed by atoms with E-state index in [9.17, 15) is 4.79 Å². The molecule has 0 radical (unpaired) electrons. The van der Waals surface area contributed by atoms with Crippen LogP contribution >= 0.6 is 0 Å². The Hall–Kier alpha value is -0.350. The molecule has 1 amide bonds. The standard InChI is InChI=1S/C16H32N2O.BrH/c1-6-11-18(12-7-2,13-8-3)14-9-10-17-16(19)15(4)5;/h4,6-14H2,1-3,5H3;1H. The zero-order valence-electron chi connectivity index (χ0n) is 13.8. The van der Waals surface area contributed by atoms with Gasteiger partial charge in [-0.25, -0.2) is 0 Å².